The van der Waals surface area contributed by atoms with Gasteiger partial charge in [-0.25, -0.2) is 0 Å². The summed E-state index contributed by atoms with van der Waals surface area (Å²) in [6.07, 6.45) is 2.18. The maximum absolute atomic E-state index is 11.9. The Kier molecular flexibility index (Phi) is 5.50. The number of nitrogens with zero attached hydrogens (tertiary/aromatic N) is 2. The van der Waals surface area contributed by atoms with Crippen LogP contribution in [0.5, 0.6) is 0 Å². The third kappa shape index (κ3) is 4.06. The highest BCUT2D eigenvalue weighted by atomic mass is 16.6. The van der Waals surface area contributed by atoms with Gasteiger partial charge in [-0.1, -0.05) is 13.3 Å². The van der Waals surface area contributed by atoms with E-state index in [4.69, 9.17) is 0 Å². The van der Waals surface area contributed by atoms with Crippen molar-refractivity contribution in [1.29, 1.82) is 0 Å². The summed E-state index contributed by atoms with van der Waals surface area (Å²) in [7, 11) is 0. The molecule has 1 atom stereocenters. The molecule has 0 aromatic carbocycles. The van der Waals surface area contributed by atoms with Gasteiger partial charge in [-0.3, -0.25) is 14.9 Å². The zero-order chi connectivity index (χ0) is 14.4. The summed E-state index contributed by atoms with van der Waals surface area (Å²) >= 11 is 0. The molecule has 0 bridgehead atoms. The molecule has 19 heavy (non-hydrogen) atoms. The molecule has 2 N–H and O–H groups in total. The molecule has 1 amide bonds. The van der Waals surface area contributed by atoms with Crippen LogP contribution in [0.25, 0.3) is 0 Å². The molecule has 0 saturated carbocycles. The van der Waals surface area contributed by atoms with Gasteiger partial charge in [0.15, 0.2) is 0 Å². The van der Waals surface area contributed by atoms with E-state index in [1.807, 2.05) is 6.92 Å². The molecule has 0 aliphatic heterocycles. The van der Waals surface area contributed by atoms with Crippen molar-refractivity contribution in [2.24, 2.45) is 0 Å². The second-order valence-corrected chi connectivity index (χ2v) is 4.28. The Bertz CT molecular complexity index is 456. The number of aliphatic hydroxyl groups excluding tert-OH is 1. The first-order valence-electron chi connectivity index (χ1n) is 6.30. The first-order valence-corrected chi connectivity index (χ1v) is 6.30. The molecule has 0 saturated heterocycles. The molecule has 0 fully saturated rings. The van der Waals surface area contributed by atoms with Crippen LogP contribution in [0.4, 0.5) is 5.69 Å². The average molecular weight is 269 g/mol. The number of aromatic nitrogens is 1. The summed E-state index contributed by atoms with van der Waals surface area (Å²) in [6.45, 7) is 4.35. The van der Waals surface area contributed by atoms with Gasteiger partial charge < -0.3 is 15.0 Å². The fourth-order valence-corrected chi connectivity index (χ4v) is 1.78. The maximum Gasteiger partial charge on any atom is 0.287 e. The number of aryl methyl sites for hydroxylation is 1. The summed E-state index contributed by atoms with van der Waals surface area (Å²) in [5.74, 6) is -0.412. The standard InChI is InChI=1S/C12H19N3O4/c1-3-5-10(16)7-13-12(17)11-6-9(15(18)19)8-14(11)4-2/h6,8,10,16H,3-5,7H2,1-2H3,(H,13,17). The number of aliphatic hydroxyl groups is 1. The lowest BCUT2D eigenvalue weighted by atomic mass is 10.2. The second kappa shape index (κ2) is 6.89. The molecule has 0 radical (unpaired) electrons. The molecule has 0 aliphatic rings. The van der Waals surface area contributed by atoms with E-state index in [0.717, 1.165) is 6.42 Å². The van der Waals surface area contributed by atoms with Crippen LogP contribution in [0.15, 0.2) is 12.3 Å². The first-order chi connectivity index (χ1) is 8.99. The van der Waals surface area contributed by atoms with Gasteiger partial charge in [-0.2, -0.15) is 0 Å². The first kappa shape index (κ1) is 15.2. The number of hydrogen-bond acceptors (Lipinski definition) is 4. The number of carbonyl (C=O) groups is 1. The van der Waals surface area contributed by atoms with Crippen LogP contribution in [0.1, 0.15) is 37.2 Å². The second-order valence-electron chi connectivity index (χ2n) is 4.28. The van der Waals surface area contributed by atoms with Gasteiger partial charge in [0.1, 0.15) is 5.69 Å². The zero-order valence-corrected chi connectivity index (χ0v) is 11.1. The van der Waals surface area contributed by atoms with E-state index in [9.17, 15) is 20.0 Å². The maximum atomic E-state index is 11.9. The normalized spacial score (nSPS) is 12.2. The predicted molar refractivity (Wildman–Crippen MR) is 70.0 cm³/mol. The number of nitrogens with one attached hydrogen (secondary N) is 1. The van der Waals surface area contributed by atoms with Crippen molar-refractivity contribution < 1.29 is 14.8 Å². The fourth-order valence-electron chi connectivity index (χ4n) is 1.78. The van der Waals surface area contributed by atoms with Crippen LogP contribution in [-0.2, 0) is 6.54 Å². The van der Waals surface area contributed by atoms with Gasteiger partial charge in [-0.15, -0.1) is 0 Å². The molecule has 1 unspecified atom stereocenters. The van der Waals surface area contributed by atoms with Gasteiger partial charge in [0.2, 0.25) is 0 Å². The summed E-state index contributed by atoms with van der Waals surface area (Å²) in [5.41, 5.74) is 0.124. The number of rotatable bonds is 7. The van der Waals surface area contributed by atoms with E-state index in [2.05, 4.69) is 5.32 Å². The van der Waals surface area contributed by atoms with Crippen LogP contribution in [0.3, 0.4) is 0 Å². The van der Waals surface area contributed by atoms with Crippen molar-refractivity contribution in [3.05, 3.63) is 28.1 Å². The Morgan fingerprint density at radius 2 is 2.26 bits per heavy atom. The van der Waals surface area contributed by atoms with Gasteiger partial charge in [-0.05, 0) is 13.3 Å². The largest absolute Gasteiger partial charge is 0.391 e. The minimum absolute atomic E-state index is 0.110. The van der Waals surface area contributed by atoms with E-state index in [1.165, 1.54) is 16.8 Å². The van der Waals surface area contributed by atoms with E-state index >= 15 is 0 Å². The summed E-state index contributed by atoms with van der Waals surface area (Å²) in [4.78, 5) is 22.0. The smallest absolute Gasteiger partial charge is 0.287 e. The van der Waals surface area contributed by atoms with E-state index in [1.54, 1.807) is 6.92 Å². The lowest BCUT2D eigenvalue weighted by Gasteiger charge is -2.11. The van der Waals surface area contributed by atoms with Crippen LogP contribution in [0, 0.1) is 10.1 Å². The third-order valence-electron chi connectivity index (χ3n) is 2.79. The van der Waals surface area contributed by atoms with Crippen molar-refractivity contribution in [3.8, 4) is 0 Å². The third-order valence-corrected chi connectivity index (χ3v) is 2.79. The quantitative estimate of drug-likeness (QED) is 0.576. The number of nitro groups is 1. The average Bonchev–Trinajstić information content (AvgIpc) is 2.80. The Morgan fingerprint density at radius 3 is 2.79 bits per heavy atom. The van der Waals surface area contributed by atoms with Crippen LogP contribution in [0.2, 0.25) is 0 Å². The van der Waals surface area contributed by atoms with Crippen LogP contribution >= 0.6 is 0 Å². The van der Waals surface area contributed by atoms with Crippen molar-refractivity contribution >= 4 is 11.6 Å². The molecule has 0 aliphatic carbocycles. The van der Waals surface area contributed by atoms with Crippen LogP contribution < -0.4 is 5.32 Å². The van der Waals surface area contributed by atoms with Crippen molar-refractivity contribution in [3.63, 3.8) is 0 Å². The molecular formula is C12H19N3O4. The molecule has 7 nitrogen and oxygen atoms in total. The monoisotopic (exact) mass is 269 g/mol. The molecular weight excluding hydrogens is 250 g/mol. The minimum Gasteiger partial charge on any atom is -0.391 e. The number of amides is 1. The molecule has 1 rings (SSSR count). The molecule has 1 heterocycles. The highest BCUT2D eigenvalue weighted by Crippen LogP contribution is 2.16. The van der Waals surface area contributed by atoms with Crippen LogP contribution in [-0.4, -0.2) is 33.2 Å². The zero-order valence-electron chi connectivity index (χ0n) is 11.1. The molecule has 106 valence electrons. The summed E-state index contributed by atoms with van der Waals surface area (Å²) in [5, 5.41) is 22.8. The van der Waals surface area contributed by atoms with Gasteiger partial charge >= 0.3 is 0 Å². The fraction of sp³-hybridized carbons (Fsp3) is 0.583. The topological polar surface area (TPSA) is 97.4 Å². The van der Waals surface area contributed by atoms with Crippen molar-refractivity contribution in [2.75, 3.05) is 6.54 Å². The van der Waals surface area contributed by atoms with Gasteiger partial charge in [0.25, 0.3) is 11.6 Å². The number of carbonyl (C=O) groups excluding carboxylic acids is 1. The van der Waals surface area contributed by atoms with Gasteiger partial charge in [0.05, 0.1) is 17.2 Å². The Hall–Kier alpha value is -1.89. The molecule has 1 aromatic rings. The van der Waals surface area contributed by atoms with E-state index < -0.39 is 16.9 Å². The van der Waals surface area contributed by atoms with E-state index in [-0.39, 0.29) is 17.9 Å². The lowest BCUT2D eigenvalue weighted by Crippen LogP contribution is -2.33. The van der Waals surface area contributed by atoms with Crippen molar-refractivity contribution in [2.45, 2.75) is 39.3 Å². The van der Waals surface area contributed by atoms with Crippen molar-refractivity contribution in [1.82, 2.24) is 9.88 Å². The Balaban J connectivity index is 2.73. The number of hydrogen-bond donors (Lipinski definition) is 2. The predicted octanol–water partition coefficient (Wildman–Crippen LogP) is 1.31. The highest BCUT2D eigenvalue weighted by molar-refractivity contribution is 5.93. The molecule has 7 heteroatoms. The van der Waals surface area contributed by atoms with E-state index in [0.29, 0.717) is 13.0 Å². The summed E-state index contributed by atoms with van der Waals surface area (Å²) < 4.78 is 1.51. The van der Waals surface area contributed by atoms with Gasteiger partial charge in [0, 0.05) is 19.2 Å². The highest BCUT2D eigenvalue weighted by Gasteiger charge is 2.18. The Morgan fingerprint density at radius 1 is 1.58 bits per heavy atom. The Labute approximate surface area is 111 Å². The molecule has 0 spiro atoms. The minimum atomic E-state index is -0.589. The SMILES string of the molecule is CCCC(O)CNC(=O)c1cc([N+](=O)[O-])cn1CC. The summed E-state index contributed by atoms with van der Waals surface area (Å²) in [6, 6.07) is 1.24. The lowest BCUT2D eigenvalue weighted by molar-refractivity contribution is -0.384. The molecule has 1 aromatic heterocycles.